The third-order valence-electron chi connectivity index (χ3n) is 2.07. The van der Waals surface area contributed by atoms with Crippen molar-refractivity contribution in [2.24, 2.45) is 5.92 Å². The first-order valence-corrected chi connectivity index (χ1v) is 5.27. The molecular formula is C8H7BrO2S. The molecule has 1 heterocycles. The molecule has 1 N–H and O–H groups in total. The molecule has 0 bridgehead atoms. The van der Waals surface area contributed by atoms with Crippen LogP contribution in [0.3, 0.4) is 0 Å². The van der Waals surface area contributed by atoms with E-state index in [0.29, 0.717) is 0 Å². The molecule has 0 unspecified atom stereocenters. The number of rotatable bonds is 2. The van der Waals surface area contributed by atoms with Crippen LogP contribution < -0.4 is 0 Å². The Bertz CT molecular complexity index is 321. The molecule has 1 saturated carbocycles. The number of halogens is 1. The van der Waals surface area contributed by atoms with E-state index in [1.54, 1.807) is 11.3 Å². The zero-order valence-corrected chi connectivity index (χ0v) is 8.56. The molecule has 2 atom stereocenters. The second-order valence-electron chi connectivity index (χ2n) is 2.93. The van der Waals surface area contributed by atoms with E-state index in [1.165, 1.54) is 4.88 Å². The first kappa shape index (κ1) is 8.26. The number of thiophene rings is 1. The van der Waals surface area contributed by atoms with Crippen molar-refractivity contribution in [1.82, 2.24) is 0 Å². The highest BCUT2D eigenvalue weighted by molar-refractivity contribution is 9.11. The van der Waals surface area contributed by atoms with Gasteiger partial charge in [0, 0.05) is 10.8 Å². The Balaban J connectivity index is 2.10. The van der Waals surface area contributed by atoms with Gasteiger partial charge in [-0.3, -0.25) is 4.79 Å². The third kappa shape index (κ3) is 1.41. The summed E-state index contributed by atoms with van der Waals surface area (Å²) >= 11 is 4.99. The highest BCUT2D eigenvalue weighted by Crippen LogP contribution is 2.50. The maximum Gasteiger partial charge on any atom is 0.307 e. The fourth-order valence-electron chi connectivity index (χ4n) is 1.31. The maximum absolute atomic E-state index is 10.5. The molecule has 0 aliphatic heterocycles. The van der Waals surface area contributed by atoms with Crippen molar-refractivity contribution in [1.29, 1.82) is 0 Å². The van der Waals surface area contributed by atoms with Crippen molar-refractivity contribution in [2.75, 3.05) is 0 Å². The van der Waals surface area contributed by atoms with Gasteiger partial charge in [0.25, 0.3) is 0 Å². The molecule has 4 heteroatoms. The number of carboxylic acid groups (broad SMARTS) is 1. The molecule has 1 aromatic rings. The Morgan fingerprint density at radius 2 is 2.42 bits per heavy atom. The van der Waals surface area contributed by atoms with E-state index >= 15 is 0 Å². The van der Waals surface area contributed by atoms with Crippen LogP contribution in [0.15, 0.2) is 15.9 Å². The van der Waals surface area contributed by atoms with Gasteiger partial charge in [-0.25, -0.2) is 0 Å². The van der Waals surface area contributed by atoms with Crippen LogP contribution in [0.1, 0.15) is 17.2 Å². The van der Waals surface area contributed by atoms with Gasteiger partial charge < -0.3 is 5.11 Å². The molecule has 2 nitrogen and oxygen atoms in total. The predicted octanol–water partition coefficient (Wildman–Crippen LogP) is 2.70. The second kappa shape index (κ2) is 2.85. The summed E-state index contributed by atoms with van der Waals surface area (Å²) in [5.41, 5.74) is 0. The van der Waals surface area contributed by atoms with Crippen molar-refractivity contribution in [3.05, 3.63) is 20.8 Å². The minimum atomic E-state index is -0.662. The molecule has 0 amide bonds. The van der Waals surface area contributed by atoms with Gasteiger partial charge in [-0.2, -0.15) is 0 Å². The smallest absolute Gasteiger partial charge is 0.307 e. The van der Waals surface area contributed by atoms with Gasteiger partial charge in [0.05, 0.1) is 9.70 Å². The number of carbonyl (C=O) groups is 1. The summed E-state index contributed by atoms with van der Waals surface area (Å²) in [6.07, 6.45) is 0.808. The Hall–Kier alpha value is -0.350. The molecule has 64 valence electrons. The second-order valence-corrected chi connectivity index (χ2v) is 5.42. The van der Waals surface area contributed by atoms with E-state index in [9.17, 15) is 4.79 Å². The average Bonchev–Trinajstić information content (AvgIpc) is 2.70. The van der Waals surface area contributed by atoms with Crippen LogP contribution in [-0.4, -0.2) is 11.1 Å². The molecule has 0 saturated heterocycles. The van der Waals surface area contributed by atoms with E-state index in [0.717, 1.165) is 10.2 Å². The van der Waals surface area contributed by atoms with Crippen LogP contribution >= 0.6 is 27.3 Å². The highest BCUT2D eigenvalue weighted by atomic mass is 79.9. The molecule has 1 aromatic heterocycles. The Morgan fingerprint density at radius 3 is 2.83 bits per heavy atom. The lowest BCUT2D eigenvalue weighted by atomic mass is 10.3. The molecule has 0 spiro atoms. The Morgan fingerprint density at radius 1 is 1.67 bits per heavy atom. The standard InChI is InChI=1S/C8H7BrO2S/c9-7-2-1-6(12-7)4-3-5(4)8(10)11/h1-2,4-5H,3H2,(H,10,11)/t4-,5-/m1/s1. The van der Waals surface area contributed by atoms with Gasteiger partial charge in [-0.05, 0) is 34.5 Å². The van der Waals surface area contributed by atoms with Gasteiger partial charge in [-0.15, -0.1) is 11.3 Å². The van der Waals surface area contributed by atoms with E-state index in [1.807, 2.05) is 12.1 Å². The molecule has 0 radical (unpaired) electrons. The minimum absolute atomic E-state index is 0.129. The number of aliphatic carboxylic acids is 1. The summed E-state index contributed by atoms with van der Waals surface area (Å²) in [6.45, 7) is 0. The van der Waals surface area contributed by atoms with Crippen molar-refractivity contribution in [3.63, 3.8) is 0 Å². The quantitative estimate of drug-likeness (QED) is 0.872. The number of carboxylic acids is 1. The summed E-state index contributed by atoms with van der Waals surface area (Å²) in [6, 6.07) is 3.97. The molecular weight excluding hydrogens is 240 g/mol. The minimum Gasteiger partial charge on any atom is -0.481 e. The Labute approximate surface area is 82.3 Å². The van der Waals surface area contributed by atoms with Crippen molar-refractivity contribution < 1.29 is 9.90 Å². The normalized spacial score (nSPS) is 27.1. The lowest BCUT2D eigenvalue weighted by Crippen LogP contribution is -1.97. The molecule has 2 rings (SSSR count). The Kier molecular flexibility index (Phi) is 1.96. The summed E-state index contributed by atoms with van der Waals surface area (Å²) < 4.78 is 1.08. The summed E-state index contributed by atoms with van der Waals surface area (Å²) in [5.74, 6) is -0.515. The van der Waals surface area contributed by atoms with Crippen LogP contribution in [-0.2, 0) is 4.79 Å². The first-order chi connectivity index (χ1) is 5.68. The van der Waals surface area contributed by atoms with Crippen molar-refractivity contribution in [2.45, 2.75) is 12.3 Å². The molecule has 12 heavy (non-hydrogen) atoms. The van der Waals surface area contributed by atoms with Crippen molar-refractivity contribution >= 4 is 33.2 Å². The summed E-state index contributed by atoms with van der Waals surface area (Å²) in [4.78, 5) is 11.7. The van der Waals surface area contributed by atoms with E-state index in [4.69, 9.17) is 5.11 Å². The van der Waals surface area contributed by atoms with E-state index in [2.05, 4.69) is 15.9 Å². The first-order valence-electron chi connectivity index (χ1n) is 3.66. The average molecular weight is 247 g/mol. The number of hydrogen-bond donors (Lipinski definition) is 1. The third-order valence-corrected chi connectivity index (χ3v) is 3.82. The monoisotopic (exact) mass is 246 g/mol. The molecule has 1 aliphatic rings. The van der Waals surface area contributed by atoms with Crippen LogP contribution in [0.25, 0.3) is 0 Å². The zero-order valence-electron chi connectivity index (χ0n) is 6.16. The molecule has 1 aliphatic carbocycles. The van der Waals surface area contributed by atoms with Crippen LogP contribution in [0.4, 0.5) is 0 Å². The SMILES string of the molecule is O=C(O)[C@@H]1C[C@H]1c1ccc(Br)s1. The van der Waals surface area contributed by atoms with Crippen LogP contribution in [0.2, 0.25) is 0 Å². The highest BCUT2D eigenvalue weighted by Gasteiger charge is 2.44. The van der Waals surface area contributed by atoms with Crippen LogP contribution in [0, 0.1) is 5.92 Å². The molecule has 0 aromatic carbocycles. The lowest BCUT2D eigenvalue weighted by Gasteiger charge is -1.89. The van der Waals surface area contributed by atoms with Gasteiger partial charge >= 0.3 is 5.97 Å². The van der Waals surface area contributed by atoms with Gasteiger partial charge in [0.15, 0.2) is 0 Å². The van der Waals surface area contributed by atoms with Crippen molar-refractivity contribution in [3.8, 4) is 0 Å². The number of hydrogen-bond acceptors (Lipinski definition) is 2. The molecule has 1 fully saturated rings. The predicted molar refractivity (Wildman–Crippen MR) is 50.5 cm³/mol. The van der Waals surface area contributed by atoms with E-state index in [-0.39, 0.29) is 11.8 Å². The summed E-state index contributed by atoms with van der Waals surface area (Å²) in [7, 11) is 0. The zero-order chi connectivity index (χ0) is 8.72. The van der Waals surface area contributed by atoms with Gasteiger partial charge in [0.2, 0.25) is 0 Å². The van der Waals surface area contributed by atoms with Gasteiger partial charge in [-0.1, -0.05) is 0 Å². The maximum atomic E-state index is 10.5. The summed E-state index contributed by atoms with van der Waals surface area (Å²) in [5, 5.41) is 8.68. The van der Waals surface area contributed by atoms with Gasteiger partial charge in [0.1, 0.15) is 0 Å². The van der Waals surface area contributed by atoms with Crippen LogP contribution in [0.5, 0.6) is 0 Å². The fourth-order valence-corrected chi connectivity index (χ4v) is 2.91. The largest absolute Gasteiger partial charge is 0.481 e. The lowest BCUT2D eigenvalue weighted by molar-refractivity contribution is -0.138. The fraction of sp³-hybridized carbons (Fsp3) is 0.375. The van der Waals surface area contributed by atoms with E-state index < -0.39 is 5.97 Å². The topological polar surface area (TPSA) is 37.3 Å².